The molecular weight excluding hydrogens is 276 g/mol. The van der Waals surface area contributed by atoms with E-state index in [1.165, 1.54) is 51.3 Å². The summed E-state index contributed by atoms with van der Waals surface area (Å²) in [7, 11) is -2.08. The third-order valence-electron chi connectivity index (χ3n) is 3.76. The van der Waals surface area contributed by atoms with Crippen molar-refractivity contribution in [1.29, 1.82) is 0 Å². The Morgan fingerprint density at radius 1 is 1.30 bits per heavy atom. The van der Waals surface area contributed by atoms with Crippen molar-refractivity contribution in [3.05, 3.63) is 18.2 Å². The molecule has 20 heavy (non-hydrogen) atoms. The van der Waals surface area contributed by atoms with Crippen LogP contribution < -0.4 is 15.2 Å². The van der Waals surface area contributed by atoms with Crippen molar-refractivity contribution < 1.29 is 13.2 Å². The van der Waals surface area contributed by atoms with Gasteiger partial charge in [0.05, 0.1) is 17.2 Å². The van der Waals surface area contributed by atoms with Gasteiger partial charge in [0.1, 0.15) is 5.75 Å². The molecule has 0 radical (unpaired) electrons. The molecule has 5 nitrogen and oxygen atoms in total. The summed E-state index contributed by atoms with van der Waals surface area (Å²) < 4.78 is 31.3. The fourth-order valence-corrected chi connectivity index (χ4v) is 3.27. The van der Waals surface area contributed by atoms with Crippen LogP contribution in [0.2, 0.25) is 0 Å². The van der Waals surface area contributed by atoms with Crippen LogP contribution in [0.1, 0.15) is 32.1 Å². The first-order valence-electron chi connectivity index (χ1n) is 6.99. The Morgan fingerprint density at radius 3 is 2.60 bits per heavy atom. The van der Waals surface area contributed by atoms with Crippen LogP contribution in [0.4, 0.5) is 5.69 Å². The number of nitrogen functional groups attached to an aromatic ring is 1. The van der Waals surface area contributed by atoms with Crippen molar-refractivity contribution in [2.75, 3.05) is 19.4 Å². The van der Waals surface area contributed by atoms with E-state index < -0.39 is 10.0 Å². The van der Waals surface area contributed by atoms with Gasteiger partial charge in [0, 0.05) is 0 Å². The van der Waals surface area contributed by atoms with Crippen molar-refractivity contribution in [3.63, 3.8) is 0 Å². The van der Waals surface area contributed by atoms with E-state index >= 15 is 0 Å². The van der Waals surface area contributed by atoms with Gasteiger partial charge in [-0.25, -0.2) is 13.1 Å². The number of hydrogen-bond donors (Lipinski definition) is 2. The standard InChI is InChI=1S/C14H22N2O3S/c1-16-20(17,18)12-7-8-14(13(15)9-12)19-10-11-5-3-2-4-6-11/h7-9,11,16H,2-6,10,15H2,1H3. The minimum absolute atomic E-state index is 0.155. The molecule has 1 aliphatic rings. The van der Waals surface area contributed by atoms with E-state index in [-0.39, 0.29) is 4.90 Å². The summed E-state index contributed by atoms with van der Waals surface area (Å²) in [6.45, 7) is 0.655. The van der Waals surface area contributed by atoms with Gasteiger partial charge in [0.15, 0.2) is 0 Å². The molecule has 3 N–H and O–H groups in total. The monoisotopic (exact) mass is 298 g/mol. The fourth-order valence-electron chi connectivity index (χ4n) is 2.50. The van der Waals surface area contributed by atoms with Crippen molar-refractivity contribution in [3.8, 4) is 5.75 Å². The topological polar surface area (TPSA) is 81.4 Å². The predicted octanol–water partition coefficient (Wildman–Crippen LogP) is 2.14. The second kappa shape index (κ2) is 6.45. The lowest BCUT2D eigenvalue weighted by Gasteiger charge is -2.22. The maximum Gasteiger partial charge on any atom is 0.240 e. The highest BCUT2D eigenvalue weighted by Crippen LogP contribution is 2.28. The SMILES string of the molecule is CNS(=O)(=O)c1ccc(OCC2CCCCC2)c(N)c1. The van der Waals surface area contributed by atoms with E-state index in [0.717, 1.165) is 0 Å². The van der Waals surface area contributed by atoms with Crippen molar-refractivity contribution in [1.82, 2.24) is 4.72 Å². The number of nitrogens with one attached hydrogen (secondary N) is 1. The molecule has 0 spiro atoms. The second-order valence-electron chi connectivity index (χ2n) is 5.22. The van der Waals surface area contributed by atoms with Gasteiger partial charge in [-0.2, -0.15) is 0 Å². The van der Waals surface area contributed by atoms with Crippen LogP contribution in [0.3, 0.4) is 0 Å². The van der Waals surface area contributed by atoms with Gasteiger partial charge in [0.2, 0.25) is 10.0 Å². The lowest BCUT2D eigenvalue weighted by Crippen LogP contribution is -2.19. The Labute approximate surface area is 120 Å². The van der Waals surface area contributed by atoms with Gasteiger partial charge in [-0.15, -0.1) is 0 Å². The van der Waals surface area contributed by atoms with Gasteiger partial charge >= 0.3 is 0 Å². The Hall–Kier alpha value is -1.27. The predicted molar refractivity (Wildman–Crippen MR) is 79.2 cm³/mol. The van der Waals surface area contributed by atoms with Crippen LogP contribution in [0, 0.1) is 5.92 Å². The lowest BCUT2D eigenvalue weighted by molar-refractivity contribution is 0.209. The van der Waals surface area contributed by atoms with Gasteiger partial charge in [-0.1, -0.05) is 19.3 Å². The number of ether oxygens (including phenoxy) is 1. The van der Waals surface area contributed by atoms with Crippen molar-refractivity contribution in [2.24, 2.45) is 5.92 Å². The number of sulfonamides is 1. The summed E-state index contributed by atoms with van der Waals surface area (Å²) >= 11 is 0. The fraction of sp³-hybridized carbons (Fsp3) is 0.571. The summed E-state index contributed by atoms with van der Waals surface area (Å²) in [6.07, 6.45) is 6.25. The zero-order valence-corrected chi connectivity index (χ0v) is 12.6. The lowest BCUT2D eigenvalue weighted by atomic mass is 9.90. The molecule has 1 fully saturated rings. The Kier molecular flexibility index (Phi) is 4.88. The molecule has 1 aromatic rings. The van der Waals surface area contributed by atoms with Crippen molar-refractivity contribution >= 4 is 15.7 Å². The first-order valence-corrected chi connectivity index (χ1v) is 8.47. The summed E-state index contributed by atoms with van der Waals surface area (Å²) in [5.74, 6) is 1.15. The smallest absolute Gasteiger partial charge is 0.240 e. The van der Waals surface area contributed by atoms with E-state index in [9.17, 15) is 8.42 Å². The quantitative estimate of drug-likeness (QED) is 0.816. The zero-order chi connectivity index (χ0) is 14.6. The molecule has 0 saturated heterocycles. The molecule has 1 aromatic carbocycles. The number of hydrogen-bond acceptors (Lipinski definition) is 4. The Balaban J connectivity index is 2.02. The van der Waals surface area contributed by atoms with Crippen LogP contribution in [0.5, 0.6) is 5.75 Å². The molecule has 0 bridgehead atoms. The third-order valence-corrected chi connectivity index (χ3v) is 5.17. The molecule has 6 heteroatoms. The van der Waals surface area contributed by atoms with Crippen LogP contribution in [-0.4, -0.2) is 22.1 Å². The largest absolute Gasteiger partial charge is 0.491 e. The van der Waals surface area contributed by atoms with Crippen molar-refractivity contribution in [2.45, 2.75) is 37.0 Å². The van der Waals surface area contributed by atoms with Crippen LogP contribution in [-0.2, 0) is 10.0 Å². The molecule has 0 amide bonds. The minimum atomic E-state index is -3.46. The molecule has 0 heterocycles. The number of anilines is 1. The van der Waals surface area contributed by atoms with E-state index in [1.807, 2.05) is 0 Å². The number of rotatable bonds is 5. The minimum Gasteiger partial charge on any atom is -0.491 e. The average Bonchev–Trinajstić information content (AvgIpc) is 2.47. The maximum atomic E-state index is 11.7. The third kappa shape index (κ3) is 3.64. The van der Waals surface area contributed by atoms with Gasteiger partial charge in [-0.05, 0) is 44.0 Å². The first-order chi connectivity index (χ1) is 9.53. The molecule has 1 saturated carbocycles. The molecule has 2 rings (SSSR count). The molecule has 0 aromatic heterocycles. The molecule has 112 valence electrons. The highest BCUT2D eigenvalue weighted by molar-refractivity contribution is 7.89. The summed E-state index contributed by atoms with van der Waals surface area (Å²) in [5.41, 5.74) is 6.23. The zero-order valence-electron chi connectivity index (χ0n) is 11.8. The van der Waals surface area contributed by atoms with E-state index in [0.29, 0.717) is 24.0 Å². The van der Waals surface area contributed by atoms with E-state index in [1.54, 1.807) is 6.07 Å². The summed E-state index contributed by atoms with van der Waals surface area (Å²) in [5, 5.41) is 0. The van der Waals surface area contributed by atoms with Gasteiger partial charge in [0.25, 0.3) is 0 Å². The maximum absolute atomic E-state index is 11.7. The van der Waals surface area contributed by atoms with Gasteiger partial charge < -0.3 is 10.5 Å². The molecular formula is C14H22N2O3S. The van der Waals surface area contributed by atoms with E-state index in [4.69, 9.17) is 10.5 Å². The summed E-state index contributed by atoms with van der Waals surface area (Å²) in [4.78, 5) is 0.155. The van der Waals surface area contributed by atoms with Gasteiger partial charge in [-0.3, -0.25) is 0 Å². The molecule has 0 atom stereocenters. The van der Waals surface area contributed by atoms with Crippen LogP contribution in [0.15, 0.2) is 23.1 Å². The Morgan fingerprint density at radius 2 is 2.00 bits per heavy atom. The summed E-state index contributed by atoms with van der Waals surface area (Å²) in [6, 6.07) is 4.57. The Bertz CT molecular complexity index is 552. The number of benzene rings is 1. The highest BCUT2D eigenvalue weighted by atomic mass is 32.2. The first kappa shape index (κ1) is 15.1. The van der Waals surface area contributed by atoms with E-state index in [2.05, 4.69) is 4.72 Å². The number of nitrogens with two attached hydrogens (primary N) is 1. The molecule has 1 aliphatic carbocycles. The highest BCUT2D eigenvalue weighted by Gasteiger charge is 2.16. The normalized spacial score (nSPS) is 17.1. The second-order valence-corrected chi connectivity index (χ2v) is 7.11. The van der Waals surface area contributed by atoms with Crippen LogP contribution in [0.25, 0.3) is 0 Å². The molecule has 0 aliphatic heterocycles. The van der Waals surface area contributed by atoms with Crippen LogP contribution >= 0.6 is 0 Å². The molecule has 0 unspecified atom stereocenters. The average molecular weight is 298 g/mol.